The van der Waals surface area contributed by atoms with Crippen molar-refractivity contribution in [3.8, 4) is 6.07 Å². The summed E-state index contributed by atoms with van der Waals surface area (Å²) in [6.45, 7) is 1.58. The van der Waals surface area contributed by atoms with Gasteiger partial charge in [0, 0.05) is 5.69 Å². The number of aryl methyl sites for hydroxylation is 1. The number of benzene rings is 2. The van der Waals surface area contributed by atoms with Gasteiger partial charge >= 0.3 is 0 Å². The van der Waals surface area contributed by atoms with Crippen LogP contribution in [-0.2, 0) is 21.2 Å². The van der Waals surface area contributed by atoms with Gasteiger partial charge in [-0.15, -0.1) is 0 Å². The highest BCUT2D eigenvalue weighted by molar-refractivity contribution is 7.89. The quantitative estimate of drug-likeness (QED) is 0.808. The van der Waals surface area contributed by atoms with E-state index in [9.17, 15) is 13.2 Å². The molecule has 130 valence electrons. The Labute approximate surface area is 151 Å². The molecule has 1 amide bonds. The molecule has 0 fully saturated rings. The number of nitriles is 1. The van der Waals surface area contributed by atoms with E-state index < -0.39 is 22.5 Å². The minimum atomic E-state index is -3.91. The molecular formula is C17H16ClN3O3S. The smallest absolute Gasteiger partial charge is 0.241 e. The first-order chi connectivity index (χ1) is 11.9. The van der Waals surface area contributed by atoms with E-state index in [4.69, 9.17) is 16.9 Å². The van der Waals surface area contributed by atoms with Gasteiger partial charge in [0.2, 0.25) is 15.9 Å². The molecule has 0 saturated heterocycles. The summed E-state index contributed by atoms with van der Waals surface area (Å²) in [6, 6.07) is 12.9. The third-order valence-electron chi connectivity index (χ3n) is 3.41. The Bertz CT molecular complexity index is 936. The van der Waals surface area contributed by atoms with Crippen LogP contribution in [0.5, 0.6) is 0 Å². The Kier molecular flexibility index (Phi) is 6.15. The zero-order valence-electron chi connectivity index (χ0n) is 13.4. The summed E-state index contributed by atoms with van der Waals surface area (Å²) >= 11 is 5.84. The van der Waals surface area contributed by atoms with Crippen LogP contribution in [0.15, 0.2) is 47.4 Å². The second kappa shape index (κ2) is 8.12. The molecule has 0 aromatic heterocycles. The van der Waals surface area contributed by atoms with Crippen molar-refractivity contribution in [3.63, 3.8) is 0 Å². The average Bonchev–Trinajstić information content (AvgIpc) is 2.60. The summed E-state index contributed by atoms with van der Waals surface area (Å²) in [5.74, 6) is -0.489. The molecule has 0 atom stereocenters. The van der Waals surface area contributed by atoms with Gasteiger partial charge in [-0.3, -0.25) is 4.79 Å². The number of sulfonamides is 1. The maximum absolute atomic E-state index is 12.2. The first kappa shape index (κ1) is 18.9. The number of carbonyl (C=O) groups is 1. The van der Waals surface area contributed by atoms with Crippen LogP contribution in [0.4, 0.5) is 5.69 Å². The summed E-state index contributed by atoms with van der Waals surface area (Å²) < 4.78 is 26.6. The number of hydrogen-bond donors (Lipinski definition) is 2. The van der Waals surface area contributed by atoms with E-state index in [-0.39, 0.29) is 15.5 Å². The third kappa shape index (κ3) is 5.03. The molecule has 0 radical (unpaired) electrons. The van der Waals surface area contributed by atoms with E-state index in [1.165, 1.54) is 18.2 Å². The fourth-order valence-corrected chi connectivity index (χ4v) is 3.37. The lowest BCUT2D eigenvalue weighted by Crippen LogP contribution is -2.32. The summed E-state index contributed by atoms with van der Waals surface area (Å²) in [5.41, 5.74) is 1.84. The number of nitrogens with zero attached hydrogens (tertiary/aromatic N) is 1. The van der Waals surface area contributed by atoms with Gasteiger partial charge < -0.3 is 5.32 Å². The SMILES string of the molecule is CCc1cccc(NC(=O)CNS(=O)(=O)c2ccc(C#N)c(Cl)c2)c1. The lowest BCUT2D eigenvalue weighted by Gasteiger charge is -2.09. The van der Waals surface area contributed by atoms with Crippen LogP contribution in [0.3, 0.4) is 0 Å². The van der Waals surface area contributed by atoms with Gasteiger partial charge in [0.15, 0.2) is 0 Å². The number of carbonyl (C=O) groups excluding carboxylic acids is 1. The summed E-state index contributed by atoms with van der Waals surface area (Å²) in [6.07, 6.45) is 0.829. The van der Waals surface area contributed by atoms with Crippen LogP contribution in [0.25, 0.3) is 0 Å². The van der Waals surface area contributed by atoms with Crippen molar-refractivity contribution < 1.29 is 13.2 Å². The number of hydrogen-bond acceptors (Lipinski definition) is 4. The second-order valence-corrected chi connectivity index (χ2v) is 7.35. The molecule has 0 bridgehead atoms. The molecule has 2 N–H and O–H groups in total. The molecule has 2 aromatic rings. The van der Waals surface area contributed by atoms with Crippen molar-refractivity contribution >= 4 is 33.2 Å². The average molecular weight is 378 g/mol. The minimum Gasteiger partial charge on any atom is -0.325 e. The monoisotopic (exact) mass is 377 g/mol. The van der Waals surface area contributed by atoms with Gasteiger partial charge in [0.05, 0.1) is 22.0 Å². The van der Waals surface area contributed by atoms with Gasteiger partial charge in [-0.05, 0) is 42.3 Å². The largest absolute Gasteiger partial charge is 0.325 e. The number of nitrogens with one attached hydrogen (secondary N) is 2. The molecule has 0 unspecified atom stereocenters. The van der Waals surface area contributed by atoms with E-state index in [0.29, 0.717) is 5.69 Å². The van der Waals surface area contributed by atoms with Crippen LogP contribution in [0, 0.1) is 11.3 Å². The van der Waals surface area contributed by atoms with Crippen molar-refractivity contribution in [1.82, 2.24) is 4.72 Å². The standard InChI is InChI=1S/C17H16ClN3O3S/c1-2-12-4-3-5-14(8-12)21-17(22)11-20-25(23,24)15-7-6-13(10-19)16(18)9-15/h3-9,20H,2,11H2,1H3,(H,21,22). The number of anilines is 1. The Morgan fingerprint density at radius 1 is 1.24 bits per heavy atom. The summed E-state index contributed by atoms with van der Waals surface area (Å²) in [5, 5.41) is 11.5. The van der Waals surface area contributed by atoms with E-state index >= 15 is 0 Å². The van der Waals surface area contributed by atoms with Gasteiger partial charge in [0.1, 0.15) is 6.07 Å². The maximum atomic E-state index is 12.2. The topological polar surface area (TPSA) is 99.1 Å². The third-order valence-corrected chi connectivity index (χ3v) is 5.12. The second-order valence-electron chi connectivity index (χ2n) is 5.18. The van der Waals surface area contributed by atoms with Gasteiger partial charge in [-0.2, -0.15) is 5.26 Å². The Balaban J connectivity index is 2.02. The highest BCUT2D eigenvalue weighted by atomic mass is 35.5. The summed E-state index contributed by atoms with van der Waals surface area (Å²) in [7, 11) is -3.91. The summed E-state index contributed by atoms with van der Waals surface area (Å²) in [4.78, 5) is 11.8. The molecule has 8 heteroatoms. The number of halogens is 1. The van der Waals surface area contributed by atoms with Gasteiger partial charge in [0.25, 0.3) is 0 Å². The van der Waals surface area contributed by atoms with Crippen molar-refractivity contribution in [2.75, 3.05) is 11.9 Å². The van der Waals surface area contributed by atoms with E-state index in [1.807, 2.05) is 31.2 Å². The molecule has 25 heavy (non-hydrogen) atoms. The van der Waals surface area contributed by atoms with Crippen molar-refractivity contribution in [2.24, 2.45) is 0 Å². The Hall–Kier alpha value is -2.40. The minimum absolute atomic E-state index is 0.0335. The molecule has 2 rings (SSSR count). The number of rotatable bonds is 6. The van der Waals surface area contributed by atoms with E-state index in [2.05, 4.69) is 10.0 Å². The fourth-order valence-electron chi connectivity index (χ4n) is 2.07. The maximum Gasteiger partial charge on any atom is 0.241 e. The Morgan fingerprint density at radius 3 is 2.64 bits per heavy atom. The fraction of sp³-hybridized carbons (Fsp3) is 0.176. The normalized spacial score (nSPS) is 10.9. The molecule has 0 aliphatic heterocycles. The van der Waals surface area contributed by atoms with Gasteiger partial charge in [-0.25, -0.2) is 13.1 Å². The molecule has 0 aliphatic carbocycles. The van der Waals surface area contributed by atoms with Crippen LogP contribution < -0.4 is 10.0 Å². The molecule has 0 aliphatic rings. The lowest BCUT2D eigenvalue weighted by atomic mass is 10.1. The lowest BCUT2D eigenvalue weighted by molar-refractivity contribution is -0.115. The zero-order valence-corrected chi connectivity index (χ0v) is 15.0. The predicted octanol–water partition coefficient (Wildman–Crippen LogP) is 2.69. The molecule has 0 spiro atoms. The van der Waals surface area contributed by atoms with E-state index in [1.54, 1.807) is 6.07 Å². The first-order valence-corrected chi connectivity index (χ1v) is 9.30. The van der Waals surface area contributed by atoms with Crippen LogP contribution in [0.2, 0.25) is 5.02 Å². The highest BCUT2D eigenvalue weighted by Gasteiger charge is 2.17. The molecule has 0 heterocycles. The van der Waals surface area contributed by atoms with Crippen LogP contribution >= 0.6 is 11.6 Å². The van der Waals surface area contributed by atoms with Crippen LogP contribution in [-0.4, -0.2) is 20.9 Å². The molecule has 0 saturated carbocycles. The van der Waals surface area contributed by atoms with E-state index in [0.717, 1.165) is 12.0 Å². The predicted molar refractivity (Wildman–Crippen MR) is 95.8 cm³/mol. The van der Waals surface area contributed by atoms with Crippen LogP contribution in [0.1, 0.15) is 18.1 Å². The van der Waals surface area contributed by atoms with Crippen molar-refractivity contribution in [1.29, 1.82) is 5.26 Å². The molecule has 6 nitrogen and oxygen atoms in total. The number of amides is 1. The highest BCUT2D eigenvalue weighted by Crippen LogP contribution is 2.20. The van der Waals surface area contributed by atoms with Crippen molar-refractivity contribution in [2.45, 2.75) is 18.2 Å². The molecular weight excluding hydrogens is 362 g/mol. The zero-order chi connectivity index (χ0) is 18.4. The first-order valence-electron chi connectivity index (χ1n) is 7.44. The Morgan fingerprint density at radius 2 is 2.00 bits per heavy atom. The molecule has 2 aromatic carbocycles. The van der Waals surface area contributed by atoms with Gasteiger partial charge in [-0.1, -0.05) is 30.7 Å². The van der Waals surface area contributed by atoms with Crippen molar-refractivity contribution in [3.05, 3.63) is 58.6 Å².